The van der Waals surface area contributed by atoms with Crippen molar-refractivity contribution in [1.29, 1.82) is 0 Å². The molecule has 1 rings (SSSR count). The summed E-state index contributed by atoms with van der Waals surface area (Å²) in [5, 5.41) is 0. The zero-order valence-corrected chi connectivity index (χ0v) is 9.93. The van der Waals surface area contributed by atoms with Crippen LogP contribution in [0, 0.1) is 6.92 Å². The molecule has 1 aromatic carbocycles. The number of methoxy groups -OCH3 is 1. The standard InChI is InChI=1S/C10H14BrNO2/c1-7-5-8(11)10(13-2)9(6-7)14-4-3-12/h5-6H,3-4,12H2,1-2H3. The highest BCUT2D eigenvalue weighted by atomic mass is 79.9. The van der Waals surface area contributed by atoms with E-state index < -0.39 is 0 Å². The zero-order valence-electron chi connectivity index (χ0n) is 8.34. The zero-order chi connectivity index (χ0) is 10.6. The number of rotatable bonds is 4. The van der Waals surface area contributed by atoms with Crippen LogP contribution in [0.3, 0.4) is 0 Å². The van der Waals surface area contributed by atoms with E-state index in [2.05, 4.69) is 15.9 Å². The third-order valence-electron chi connectivity index (χ3n) is 1.73. The molecule has 0 atom stereocenters. The average Bonchev–Trinajstić information content (AvgIpc) is 2.14. The molecule has 0 amide bonds. The predicted molar refractivity (Wildman–Crippen MR) is 60.0 cm³/mol. The molecule has 14 heavy (non-hydrogen) atoms. The van der Waals surface area contributed by atoms with Crippen molar-refractivity contribution in [1.82, 2.24) is 0 Å². The van der Waals surface area contributed by atoms with Gasteiger partial charge in [-0.25, -0.2) is 0 Å². The maximum absolute atomic E-state index is 5.46. The molecule has 3 nitrogen and oxygen atoms in total. The van der Waals surface area contributed by atoms with Gasteiger partial charge in [-0.15, -0.1) is 0 Å². The van der Waals surface area contributed by atoms with E-state index in [1.807, 2.05) is 19.1 Å². The molecule has 0 unspecified atom stereocenters. The molecule has 78 valence electrons. The van der Waals surface area contributed by atoms with Gasteiger partial charge in [-0.05, 0) is 40.5 Å². The van der Waals surface area contributed by atoms with Crippen molar-refractivity contribution in [3.63, 3.8) is 0 Å². The van der Waals surface area contributed by atoms with Gasteiger partial charge in [0.1, 0.15) is 6.61 Å². The number of ether oxygens (including phenoxy) is 2. The second-order valence-electron chi connectivity index (χ2n) is 2.92. The minimum Gasteiger partial charge on any atom is -0.492 e. The molecule has 0 aliphatic rings. The fraction of sp³-hybridized carbons (Fsp3) is 0.400. The number of aryl methyl sites for hydroxylation is 1. The summed E-state index contributed by atoms with van der Waals surface area (Å²) in [6.45, 7) is 2.99. The van der Waals surface area contributed by atoms with Crippen LogP contribution in [0.5, 0.6) is 11.5 Å². The Balaban J connectivity index is 2.99. The van der Waals surface area contributed by atoms with Crippen molar-refractivity contribution < 1.29 is 9.47 Å². The Morgan fingerprint density at radius 1 is 1.43 bits per heavy atom. The number of hydrogen-bond donors (Lipinski definition) is 1. The molecular weight excluding hydrogens is 246 g/mol. The molecule has 1 aromatic rings. The molecule has 4 heteroatoms. The third kappa shape index (κ3) is 2.62. The van der Waals surface area contributed by atoms with E-state index in [0.717, 1.165) is 15.8 Å². The number of halogens is 1. The molecule has 0 bridgehead atoms. The van der Waals surface area contributed by atoms with Crippen molar-refractivity contribution in [2.75, 3.05) is 20.3 Å². The maximum atomic E-state index is 5.46. The third-order valence-corrected chi connectivity index (χ3v) is 2.32. The van der Waals surface area contributed by atoms with Crippen LogP contribution >= 0.6 is 15.9 Å². The highest BCUT2D eigenvalue weighted by Gasteiger charge is 2.09. The molecule has 0 aliphatic carbocycles. The molecule has 0 saturated carbocycles. The Labute approximate surface area is 92.3 Å². The van der Waals surface area contributed by atoms with E-state index in [1.165, 1.54) is 0 Å². The van der Waals surface area contributed by atoms with Gasteiger partial charge in [-0.1, -0.05) is 0 Å². The van der Waals surface area contributed by atoms with Crippen LogP contribution in [-0.2, 0) is 0 Å². The smallest absolute Gasteiger partial charge is 0.174 e. The van der Waals surface area contributed by atoms with Gasteiger partial charge in [0.25, 0.3) is 0 Å². The van der Waals surface area contributed by atoms with E-state index in [-0.39, 0.29) is 0 Å². The normalized spacial score (nSPS) is 10.0. The molecule has 0 radical (unpaired) electrons. The molecule has 2 N–H and O–H groups in total. The Kier molecular flexibility index (Phi) is 4.22. The maximum Gasteiger partial charge on any atom is 0.174 e. The molecule has 0 spiro atoms. The average molecular weight is 260 g/mol. The Bertz CT molecular complexity index is 315. The lowest BCUT2D eigenvalue weighted by Gasteiger charge is -2.12. The van der Waals surface area contributed by atoms with Crippen LogP contribution < -0.4 is 15.2 Å². The van der Waals surface area contributed by atoms with Crippen molar-refractivity contribution >= 4 is 15.9 Å². The number of benzene rings is 1. The van der Waals surface area contributed by atoms with Crippen LogP contribution in [0.4, 0.5) is 0 Å². The first kappa shape index (κ1) is 11.3. The van der Waals surface area contributed by atoms with Crippen LogP contribution in [-0.4, -0.2) is 20.3 Å². The van der Waals surface area contributed by atoms with E-state index in [0.29, 0.717) is 18.9 Å². The number of nitrogens with two attached hydrogens (primary N) is 1. The molecule has 0 fully saturated rings. The van der Waals surface area contributed by atoms with E-state index in [9.17, 15) is 0 Å². The first-order chi connectivity index (χ1) is 6.69. The Morgan fingerprint density at radius 2 is 2.14 bits per heavy atom. The quantitative estimate of drug-likeness (QED) is 0.901. The number of hydrogen-bond acceptors (Lipinski definition) is 3. The lowest BCUT2D eigenvalue weighted by atomic mass is 10.2. The van der Waals surface area contributed by atoms with Gasteiger partial charge in [0.2, 0.25) is 0 Å². The van der Waals surface area contributed by atoms with Crippen LogP contribution in [0.2, 0.25) is 0 Å². The fourth-order valence-electron chi connectivity index (χ4n) is 1.17. The topological polar surface area (TPSA) is 44.5 Å². The largest absolute Gasteiger partial charge is 0.492 e. The van der Waals surface area contributed by atoms with Gasteiger partial charge < -0.3 is 15.2 Å². The Morgan fingerprint density at radius 3 is 2.71 bits per heavy atom. The first-order valence-electron chi connectivity index (χ1n) is 4.36. The summed E-state index contributed by atoms with van der Waals surface area (Å²) >= 11 is 3.41. The minimum atomic E-state index is 0.492. The highest BCUT2D eigenvalue weighted by molar-refractivity contribution is 9.10. The SMILES string of the molecule is COc1c(Br)cc(C)cc1OCCN. The molecule has 0 heterocycles. The summed E-state index contributed by atoms with van der Waals surface area (Å²) in [5.41, 5.74) is 6.48. The van der Waals surface area contributed by atoms with Gasteiger partial charge in [-0.2, -0.15) is 0 Å². The highest BCUT2D eigenvalue weighted by Crippen LogP contribution is 2.36. The summed E-state index contributed by atoms with van der Waals surface area (Å²) in [4.78, 5) is 0. The predicted octanol–water partition coefficient (Wildman–Crippen LogP) is 2.10. The van der Waals surface area contributed by atoms with Crippen LogP contribution in [0.15, 0.2) is 16.6 Å². The Hall–Kier alpha value is -0.740. The first-order valence-corrected chi connectivity index (χ1v) is 5.15. The van der Waals surface area contributed by atoms with Crippen LogP contribution in [0.1, 0.15) is 5.56 Å². The van der Waals surface area contributed by atoms with Crippen LogP contribution in [0.25, 0.3) is 0 Å². The van der Waals surface area contributed by atoms with E-state index >= 15 is 0 Å². The monoisotopic (exact) mass is 259 g/mol. The van der Waals surface area contributed by atoms with Gasteiger partial charge in [0, 0.05) is 6.54 Å². The van der Waals surface area contributed by atoms with Gasteiger partial charge in [-0.3, -0.25) is 0 Å². The van der Waals surface area contributed by atoms with Crippen molar-refractivity contribution in [3.8, 4) is 11.5 Å². The van der Waals surface area contributed by atoms with Crippen molar-refractivity contribution in [2.45, 2.75) is 6.92 Å². The summed E-state index contributed by atoms with van der Waals surface area (Å²) in [5.74, 6) is 1.44. The van der Waals surface area contributed by atoms with Gasteiger partial charge in [0.15, 0.2) is 11.5 Å². The molecule has 0 aliphatic heterocycles. The van der Waals surface area contributed by atoms with Gasteiger partial charge in [0.05, 0.1) is 11.6 Å². The minimum absolute atomic E-state index is 0.492. The van der Waals surface area contributed by atoms with Crippen molar-refractivity contribution in [3.05, 3.63) is 22.2 Å². The summed E-state index contributed by atoms with van der Waals surface area (Å²) in [7, 11) is 1.62. The summed E-state index contributed by atoms with van der Waals surface area (Å²) < 4.78 is 11.6. The molecule has 0 saturated heterocycles. The molecular formula is C10H14BrNO2. The lowest BCUT2D eigenvalue weighted by Crippen LogP contribution is -2.11. The fourth-order valence-corrected chi connectivity index (χ4v) is 1.89. The molecule has 0 aromatic heterocycles. The second kappa shape index (κ2) is 5.22. The van der Waals surface area contributed by atoms with Crippen molar-refractivity contribution in [2.24, 2.45) is 5.73 Å². The lowest BCUT2D eigenvalue weighted by molar-refractivity contribution is 0.301. The summed E-state index contributed by atoms with van der Waals surface area (Å²) in [6, 6.07) is 3.91. The summed E-state index contributed by atoms with van der Waals surface area (Å²) in [6.07, 6.45) is 0. The van der Waals surface area contributed by atoms with E-state index in [1.54, 1.807) is 7.11 Å². The van der Waals surface area contributed by atoms with Gasteiger partial charge >= 0.3 is 0 Å². The second-order valence-corrected chi connectivity index (χ2v) is 3.77. The van der Waals surface area contributed by atoms with E-state index in [4.69, 9.17) is 15.2 Å².